The van der Waals surface area contributed by atoms with E-state index in [2.05, 4.69) is 167 Å². The first-order chi connectivity index (χ1) is 32.2. The molecule has 13 rings (SSSR count). The highest BCUT2D eigenvalue weighted by molar-refractivity contribution is 6.13. The summed E-state index contributed by atoms with van der Waals surface area (Å²) < 4.78 is 10.9. The van der Waals surface area contributed by atoms with Crippen LogP contribution in [0.25, 0.3) is 122 Å². The smallest absolute Gasteiger partial charge is 0.235 e. The van der Waals surface area contributed by atoms with Crippen LogP contribution in [-0.4, -0.2) is 19.1 Å². The Balaban J connectivity index is 0.947. The molecule has 6 heteroatoms. The van der Waals surface area contributed by atoms with Gasteiger partial charge < -0.3 is 8.98 Å². The number of nitrogens with zero attached hydrogens (tertiary/aromatic N) is 5. The number of aromatic nitrogens is 4. The van der Waals surface area contributed by atoms with Gasteiger partial charge in [0.1, 0.15) is 11.2 Å². The van der Waals surface area contributed by atoms with Crippen LogP contribution < -0.4 is 0 Å². The van der Waals surface area contributed by atoms with Crippen molar-refractivity contribution >= 4 is 65.6 Å². The van der Waals surface area contributed by atoms with E-state index >= 15 is 0 Å². The first-order valence-electron chi connectivity index (χ1n) is 21.7. The van der Waals surface area contributed by atoms with Crippen LogP contribution in [0.4, 0.5) is 0 Å². The summed E-state index contributed by atoms with van der Waals surface area (Å²) in [6.07, 6.45) is 0. The van der Waals surface area contributed by atoms with E-state index < -0.39 is 0 Å². The van der Waals surface area contributed by atoms with Crippen molar-refractivity contribution < 1.29 is 4.42 Å². The Kier molecular flexibility index (Phi) is 8.17. The first-order valence-corrected chi connectivity index (χ1v) is 21.7. The zero-order valence-electron chi connectivity index (χ0n) is 34.9. The second-order valence-electron chi connectivity index (χ2n) is 16.5. The Morgan fingerprint density at radius 1 is 0.385 bits per heavy atom. The van der Waals surface area contributed by atoms with Gasteiger partial charge in [-0.3, -0.25) is 4.57 Å². The monoisotopic (exact) mass is 829 g/mol. The predicted octanol–water partition coefficient (Wildman–Crippen LogP) is 15.1. The number of fused-ring (bicyclic) bond motifs is 9. The Morgan fingerprint density at radius 3 is 1.80 bits per heavy atom. The molecule has 0 atom stereocenters. The third-order valence-electron chi connectivity index (χ3n) is 12.8. The van der Waals surface area contributed by atoms with Crippen molar-refractivity contribution in [1.82, 2.24) is 19.1 Å². The summed E-state index contributed by atoms with van der Waals surface area (Å²) in [5.41, 5.74) is 15.6. The van der Waals surface area contributed by atoms with Crippen LogP contribution in [0.1, 0.15) is 5.56 Å². The average molecular weight is 830 g/mol. The molecule has 0 bridgehead atoms. The standard InChI is InChI=1S/C59H35N5O/c60-36-37-12-10-15-42(32-37)52-35-51(39-13-2-1-3-14-39)61-59(62-52)64-54-22-8-4-16-45(54)47-30-26-41(34-56(47)64)40-27-31-55-50(33-40)46-17-5-7-21-53(46)63(55)43-28-24-38(25-29-43)44-19-11-20-49-48-18-6-9-23-57(48)65-58(44)49/h1-35H. The van der Waals surface area contributed by atoms with Gasteiger partial charge in [-0.05, 0) is 83.4 Å². The minimum Gasteiger partial charge on any atom is -0.455 e. The lowest BCUT2D eigenvalue weighted by Gasteiger charge is -2.12. The summed E-state index contributed by atoms with van der Waals surface area (Å²) in [5.74, 6) is 0.561. The second kappa shape index (κ2) is 14.5. The molecule has 0 aliphatic carbocycles. The van der Waals surface area contributed by atoms with E-state index in [-0.39, 0.29) is 0 Å². The van der Waals surface area contributed by atoms with E-state index in [1.165, 1.54) is 10.8 Å². The van der Waals surface area contributed by atoms with E-state index in [4.69, 9.17) is 14.4 Å². The van der Waals surface area contributed by atoms with Crippen molar-refractivity contribution in [2.45, 2.75) is 0 Å². The number of hydrogen-bond acceptors (Lipinski definition) is 4. The van der Waals surface area contributed by atoms with E-state index in [1.807, 2.05) is 60.7 Å². The van der Waals surface area contributed by atoms with Gasteiger partial charge in [0.15, 0.2) is 0 Å². The lowest BCUT2D eigenvalue weighted by Crippen LogP contribution is -2.04. The van der Waals surface area contributed by atoms with Gasteiger partial charge >= 0.3 is 0 Å². The van der Waals surface area contributed by atoms with Gasteiger partial charge in [-0.2, -0.15) is 5.26 Å². The molecule has 0 fully saturated rings. The number of furan rings is 1. The molecule has 4 aromatic heterocycles. The molecule has 0 unspecified atom stereocenters. The minimum absolute atomic E-state index is 0.561. The van der Waals surface area contributed by atoms with Crippen LogP contribution in [0, 0.1) is 11.3 Å². The van der Waals surface area contributed by atoms with Crippen LogP contribution in [-0.2, 0) is 0 Å². The lowest BCUT2D eigenvalue weighted by atomic mass is 10.0. The topological polar surface area (TPSA) is 72.6 Å². The van der Waals surface area contributed by atoms with Crippen LogP contribution >= 0.6 is 0 Å². The molecular weight excluding hydrogens is 795 g/mol. The third kappa shape index (κ3) is 5.87. The minimum atomic E-state index is 0.561. The van der Waals surface area contributed by atoms with Crippen LogP contribution in [0.2, 0.25) is 0 Å². The summed E-state index contributed by atoms with van der Waals surface area (Å²) in [6, 6.07) is 76.2. The van der Waals surface area contributed by atoms with Crippen molar-refractivity contribution in [2.24, 2.45) is 0 Å². The largest absolute Gasteiger partial charge is 0.455 e. The van der Waals surface area contributed by atoms with Gasteiger partial charge in [0.2, 0.25) is 5.95 Å². The maximum absolute atomic E-state index is 9.77. The molecule has 0 spiro atoms. The molecule has 9 aromatic carbocycles. The van der Waals surface area contributed by atoms with Gasteiger partial charge in [0, 0.05) is 54.7 Å². The quantitative estimate of drug-likeness (QED) is 0.167. The van der Waals surface area contributed by atoms with Crippen molar-refractivity contribution in [3.63, 3.8) is 0 Å². The zero-order chi connectivity index (χ0) is 43.0. The Morgan fingerprint density at radius 2 is 0.985 bits per heavy atom. The highest BCUT2D eigenvalue weighted by Gasteiger charge is 2.20. The molecule has 65 heavy (non-hydrogen) atoms. The first kappa shape index (κ1) is 36.6. The van der Waals surface area contributed by atoms with E-state index in [0.29, 0.717) is 11.5 Å². The van der Waals surface area contributed by atoms with Crippen molar-refractivity contribution in [3.8, 4) is 62.5 Å². The lowest BCUT2D eigenvalue weighted by molar-refractivity contribution is 0.670. The van der Waals surface area contributed by atoms with Gasteiger partial charge in [-0.25, -0.2) is 9.97 Å². The maximum Gasteiger partial charge on any atom is 0.235 e. The normalized spacial score (nSPS) is 11.7. The Bertz CT molecular complexity index is 4070. The third-order valence-corrected chi connectivity index (χ3v) is 12.8. The highest BCUT2D eigenvalue weighted by Crippen LogP contribution is 2.40. The molecular formula is C59H35N5O. The number of nitriles is 1. The Labute approximate surface area is 373 Å². The van der Waals surface area contributed by atoms with Gasteiger partial charge in [0.05, 0.1) is 45.1 Å². The number of rotatable bonds is 6. The van der Waals surface area contributed by atoms with Gasteiger partial charge in [-0.15, -0.1) is 0 Å². The van der Waals surface area contributed by atoms with E-state index in [0.717, 1.165) is 105 Å². The summed E-state index contributed by atoms with van der Waals surface area (Å²) in [5, 5.41) is 16.6. The highest BCUT2D eigenvalue weighted by atomic mass is 16.3. The maximum atomic E-state index is 9.77. The van der Waals surface area contributed by atoms with Crippen LogP contribution in [0.5, 0.6) is 0 Å². The van der Waals surface area contributed by atoms with Crippen molar-refractivity contribution in [1.29, 1.82) is 5.26 Å². The molecule has 6 nitrogen and oxygen atoms in total. The van der Waals surface area contributed by atoms with Crippen LogP contribution in [0.15, 0.2) is 217 Å². The molecule has 0 saturated carbocycles. The van der Waals surface area contributed by atoms with Gasteiger partial charge in [-0.1, -0.05) is 146 Å². The molecule has 13 aromatic rings. The van der Waals surface area contributed by atoms with E-state index in [1.54, 1.807) is 0 Å². The van der Waals surface area contributed by atoms with Gasteiger partial charge in [0.25, 0.3) is 0 Å². The van der Waals surface area contributed by atoms with Crippen molar-refractivity contribution in [2.75, 3.05) is 0 Å². The fourth-order valence-electron chi connectivity index (χ4n) is 9.75. The fraction of sp³-hybridized carbons (Fsp3) is 0. The molecule has 0 aliphatic heterocycles. The SMILES string of the molecule is N#Cc1cccc(-c2cc(-c3ccccc3)nc(-n3c4ccccc4c4ccc(-c5ccc6c(c5)c5ccccc5n6-c5ccc(-c6cccc7c6oc6ccccc67)cc5)cc43)n2)c1. The number of hydrogen-bond donors (Lipinski definition) is 0. The average Bonchev–Trinajstić information content (AvgIpc) is 4.04. The van der Waals surface area contributed by atoms with E-state index in [9.17, 15) is 5.26 Å². The number of benzene rings is 9. The molecule has 0 radical (unpaired) electrons. The molecule has 302 valence electrons. The van der Waals surface area contributed by atoms with Crippen molar-refractivity contribution in [3.05, 3.63) is 218 Å². The van der Waals surface area contributed by atoms with Crippen LogP contribution in [0.3, 0.4) is 0 Å². The molecule has 0 amide bonds. The molecule has 0 aliphatic rings. The molecule has 0 N–H and O–H groups in total. The second-order valence-corrected chi connectivity index (χ2v) is 16.5. The molecule has 4 heterocycles. The number of para-hydroxylation sites is 4. The summed E-state index contributed by atoms with van der Waals surface area (Å²) >= 11 is 0. The summed E-state index contributed by atoms with van der Waals surface area (Å²) in [7, 11) is 0. The predicted molar refractivity (Wildman–Crippen MR) is 264 cm³/mol. The fourth-order valence-corrected chi connectivity index (χ4v) is 9.75. The Hall–Kier alpha value is -9.05. The zero-order valence-corrected chi connectivity index (χ0v) is 34.9. The summed E-state index contributed by atoms with van der Waals surface area (Å²) in [6.45, 7) is 0. The molecule has 0 saturated heterocycles. The summed E-state index contributed by atoms with van der Waals surface area (Å²) in [4.78, 5) is 10.5.